The summed E-state index contributed by atoms with van der Waals surface area (Å²) in [5.41, 5.74) is 1.56. The Labute approximate surface area is 123 Å². The molecule has 1 aromatic heterocycles. The molecule has 0 fully saturated rings. The van der Waals surface area contributed by atoms with Gasteiger partial charge in [-0.2, -0.15) is 0 Å². The number of halogens is 1. The monoisotopic (exact) mass is 286 g/mol. The first-order valence-corrected chi connectivity index (χ1v) is 6.65. The predicted octanol–water partition coefficient (Wildman–Crippen LogP) is 3.17. The van der Waals surface area contributed by atoms with Crippen LogP contribution in [0.2, 0.25) is 5.02 Å². The number of benzene rings is 1. The molecule has 20 heavy (non-hydrogen) atoms. The molecule has 0 aliphatic heterocycles. The lowest BCUT2D eigenvalue weighted by atomic mass is 9.94. The summed E-state index contributed by atoms with van der Waals surface area (Å²) in [4.78, 5) is 16.6. The number of nitrogens with zero attached hydrogens (tertiary/aromatic N) is 1. The van der Waals surface area contributed by atoms with Crippen molar-refractivity contribution >= 4 is 17.5 Å². The van der Waals surface area contributed by atoms with Crippen molar-refractivity contribution in [1.82, 2.24) is 10.3 Å². The maximum atomic E-state index is 12.4. The number of amides is 1. The topological polar surface area (TPSA) is 42.0 Å². The second-order valence-electron chi connectivity index (χ2n) is 4.27. The fraction of sp³-hybridized carbons (Fsp3) is 0.125. The van der Waals surface area contributed by atoms with Crippen LogP contribution in [0.15, 0.2) is 61.3 Å². The zero-order valence-electron chi connectivity index (χ0n) is 10.9. The molecule has 0 aliphatic carbocycles. The first-order chi connectivity index (χ1) is 9.72. The summed E-state index contributed by atoms with van der Waals surface area (Å²) >= 11 is 5.90. The fourth-order valence-electron chi connectivity index (χ4n) is 1.93. The number of hydrogen-bond acceptors (Lipinski definition) is 2. The van der Waals surface area contributed by atoms with Gasteiger partial charge in [0.1, 0.15) is 5.92 Å². The van der Waals surface area contributed by atoms with Gasteiger partial charge in [0.25, 0.3) is 0 Å². The number of carbonyl (C=O) groups is 1. The van der Waals surface area contributed by atoms with Crippen molar-refractivity contribution in [3.05, 3.63) is 77.6 Å². The van der Waals surface area contributed by atoms with Crippen molar-refractivity contribution in [3.8, 4) is 0 Å². The molecule has 3 nitrogen and oxygen atoms in total. The zero-order chi connectivity index (χ0) is 14.4. The highest BCUT2D eigenvalue weighted by molar-refractivity contribution is 6.30. The molecule has 102 valence electrons. The largest absolute Gasteiger partial charge is 0.352 e. The third-order valence-electron chi connectivity index (χ3n) is 2.87. The molecule has 1 unspecified atom stereocenters. The number of hydrogen-bond donors (Lipinski definition) is 1. The van der Waals surface area contributed by atoms with Crippen LogP contribution in [0.5, 0.6) is 0 Å². The molecule has 2 rings (SSSR count). The maximum Gasteiger partial charge on any atom is 0.233 e. The van der Waals surface area contributed by atoms with Crippen molar-refractivity contribution < 1.29 is 4.79 Å². The van der Waals surface area contributed by atoms with E-state index in [0.29, 0.717) is 17.3 Å². The highest BCUT2D eigenvalue weighted by Crippen LogP contribution is 2.24. The molecule has 0 radical (unpaired) electrons. The van der Waals surface area contributed by atoms with Gasteiger partial charge in [-0.1, -0.05) is 35.9 Å². The molecule has 0 spiro atoms. The van der Waals surface area contributed by atoms with Crippen molar-refractivity contribution in [3.63, 3.8) is 0 Å². The highest BCUT2D eigenvalue weighted by atomic mass is 35.5. The van der Waals surface area contributed by atoms with Gasteiger partial charge in [-0.15, -0.1) is 6.58 Å². The number of rotatable bonds is 5. The van der Waals surface area contributed by atoms with Crippen LogP contribution >= 0.6 is 11.6 Å². The molecule has 1 amide bonds. The minimum absolute atomic E-state index is 0.106. The number of pyridine rings is 1. The first kappa shape index (κ1) is 14.3. The van der Waals surface area contributed by atoms with E-state index in [-0.39, 0.29) is 5.91 Å². The van der Waals surface area contributed by atoms with E-state index < -0.39 is 5.92 Å². The number of carbonyl (C=O) groups excluding carboxylic acids is 1. The Kier molecular flexibility index (Phi) is 4.91. The van der Waals surface area contributed by atoms with Crippen LogP contribution in [0.4, 0.5) is 0 Å². The van der Waals surface area contributed by atoms with E-state index in [2.05, 4.69) is 16.9 Å². The van der Waals surface area contributed by atoms with Gasteiger partial charge in [0, 0.05) is 17.8 Å². The summed E-state index contributed by atoms with van der Waals surface area (Å²) in [7, 11) is 0. The zero-order valence-corrected chi connectivity index (χ0v) is 11.7. The Hall–Kier alpha value is -2.13. The Balaban J connectivity index is 2.36. The molecule has 1 aromatic carbocycles. The third-order valence-corrected chi connectivity index (χ3v) is 3.12. The summed E-state index contributed by atoms with van der Waals surface area (Å²) < 4.78 is 0. The van der Waals surface area contributed by atoms with Gasteiger partial charge in [0.2, 0.25) is 5.91 Å². The van der Waals surface area contributed by atoms with E-state index in [1.54, 1.807) is 24.4 Å². The number of aromatic nitrogens is 1. The van der Waals surface area contributed by atoms with Crippen LogP contribution in [-0.2, 0) is 4.79 Å². The van der Waals surface area contributed by atoms with Gasteiger partial charge in [-0.05, 0) is 29.8 Å². The number of nitrogens with one attached hydrogen (secondary N) is 1. The lowest BCUT2D eigenvalue weighted by Crippen LogP contribution is -2.30. The van der Waals surface area contributed by atoms with E-state index in [1.165, 1.54) is 0 Å². The summed E-state index contributed by atoms with van der Waals surface area (Å²) in [5.74, 6) is -0.556. The van der Waals surface area contributed by atoms with E-state index in [1.807, 2.05) is 30.3 Å². The van der Waals surface area contributed by atoms with Crippen molar-refractivity contribution in [2.45, 2.75) is 5.92 Å². The van der Waals surface area contributed by atoms with Gasteiger partial charge in [0.15, 0.2) is 0 Å². The molecule has 0 aliphatic rings. The first-order valence-electron chi connectivity index (χ1n) is 6.27. The van der Waals surface area contributed by atoms with Crippen LogP contribution in [0, 0.1) is 0 Å². The molecule has 1 atom stereocenters. The van der Waals surface area contributed by atoms with Crippen molar-refractivity contribution in [2.24, 2.45) is 0 Å². The summed E-state index contributed by atoms with van der Waals surface area (Å²) in [5, 5.41) is 3.45. The van der Waals surface area contributed by atoms with Crippen molar-refractivity contribution in [1.29, 1.82) is 0 Å². The summed E-state index contributed by atoms with van der Waals surface area (Å²) in [6.07, 6.45) is 3.33. The van der Waals surface area contributed by atoms with Crippen LogP contribution < -0.4 is 5.32 Å². The summed E-state index contributed by atoms with van der Waals surface area (Å²) in [6, 6.07) is 12.8. The Morgan fingerprint density at radius 1 is 1.30 bits per heavy atom. The van der Waals surface area contributed by atoms with Crippen LogP contribution in [-0.4, -0.2) is 17.4 Å². The van der Waals surface area contributed by atoms with Crippen molar-refractivity contribution in [2.75, 3.05) is 6.54 Å². The molecule has 2 aromatic rings. The third kappa shape index (κ3) is 3.45. The van der Waals surface area contributed by atoms with Crippen LogP contribution in [0.1, 0.15) is 17.2 Å². The summed E-state index contributed by atoms with van der Waals surface area (Å²) in [6.45, 7) is 4.03. The van der Waals surface area contributed by atoms with Gasteiger partial charge >= 0.3 is 0 Å². The van der Waals surface area contributed by atoms with Gasteiger partial charge in [-0.3, -0.25) is 9.78 Å². The van der Waals surface area contributed by atoms with Crippen LogP contribution in [0.3, 0.4) is 0 Å². The minimum atomic E-state index is -0.451. The van der Waals surface area contributed by atoms with Gasteiger partial charge in [0.05, 0.1) is 5.69 Å². The molecule has 1 N–H and O–H groups in total. The normalized spacial score (nSPS) is 11.7. The van der Waals surface area contributed by atoms with Gasteiger partial charge in [-0.25, -0.2) is 0 Å². The fourth-order valence-corrected chi connectivity index (χ4v) is 2.06. The molecule has 0 saturated heterocycles. The van der Waals surface area contributed by atoms with Crippen LogP contribution in [0.25, 0.3) is 0 Å². The second kappa shape index (κ2) is 6.87. The Morgan fingerprint density at radius 3 is 2.65 bits per heavy atom. The average Bonchev–Trinajstić information content (AvgIpc) is 2.48. The quantitative estimate of drug-likeness (QED) is 0.858. The van der Waals surface area contributed by atoms with Gasteiger partial charge < -0.3 is 5.32 Å². The smallest absolute Gasteiger partial charge is 0.233 e. The average molecular weight is 287 g/mol. The maximum absolute atomic E-state index is 12.4. The standard InChI is InChI=1S/C16H15ClN2O/c1-2-10-19-16(20)15(14-5-3-4-11-18-14)12-6-8-13(17)9-7-12/h2-9,11,15H,1,10H2,(H,19,20). The van der Waals surface area contributed by atoms with E-state index >= 15 is 0 Å². The SMILES string of the molecule is C=CCNC(=O)C(c1ccc(Cl)cc1)c1ccccn1. The van der Waals surface area contributed by atoms with E-state index in [4.69, 9.17) is 11.6 Å². The Morgan fingerprint density at radius 2 is 2.05 bits per heavy atom. The van der Waals surface area contributed by atoms with E-state index in [9.17, 15) is 4.79 Å². The lowest BCUT2D eigenvalue weighted by molar-refractivity contribution is -0.121. The van der Waals surface area contributed by atoms with E-state index in [0.717, 1.165) is 5.56 Å². The molecular formula is C16H15ClN2O. The predicted molar refractivity (Wildman–Crippen MR) is 80.7 cm³/mol. The molecule has 1 heterocycles. The molecule has 0 bridgehead atoms. The minimum Gasteiger partial charge on any atom is -0.352 e. The molecular weight excluding hydrogens is 272 g/mol. The Bertz CT molecular complexity index is 581. The molecule has 0 saturated carbocycles. The molecule has 4 heteroatoms. The highest BCUT2D eigenvalue weighted by Gasteiger charge is 2.23. The second-order valence-corrected chi connectivity index (χ2v) is 4.71. The lowest BCUT2D eigenvalue weighted by Gasteiger charge is -2.16.